The van der Waals surface area contributed by atoms with Gasteiger partial charge in [-0.15, -0.1) is 12.4 Å². The van der Waals surface area contributed by atoms with Gasteiger partial charge in [-0.2, -0.15) is 0 Å². The SMILES string of the molecule is CCc1ccc(C(C)(C)NC(=O)Cc2ccc(N)cc2)cc1.Cl. The molecule has 23 heavy (non-hydrogen) atoms. The Morgan fingerprint density at radius 3 is 2.04 bits per heavy atom. The molecule has 0 aliphatic heterocycles. The molecule has 0 saturated heterocycles. The molecule has 0 heterocycles. The van der Waals surface area contributed by atoms with Crippen LogP contribution >= 0.6 is 12.4 Å². The summed E-state index contributed by atoms with van der Waals surface area (Å²) in [6.07, 6.45) is 1.38. The molecular weight excluding hydrogens is 308 g/mol. The second-order valence-electron chi connectivity index (χ2n) is 6.14. The first-order chi connectivity index (χ1) is 10.4. The summed E-state index contributed by atoms with van der Waals surface area (Å²) < 4.78 is 0. The van der Waals surface area contributed by atoms with E-state index in [9.17, 15) is 4.79 Å². The highest BCUT2D eigenvalue weighted by molar-refractivity contribution is 5.85. The number of nitrogens with two attached hydrogens (primary N) is 1. The Morgan fingerprint density at radius 2 is 1.52 bits per heavy atom. The van der Waals surface area contributed by atoms with Crippen molar-refractivity contribution in [2.45, 2.75) is 39.2 Å². The Balaban J connectivity index is 0.00000264. The fourth-order valence-electron chi connectivity index (χ4n) is 2.44. The summed E-state index contributed by atoms with van der Waals surface area (Å²) in [5.41, 5.74) is 9.34. The Morgan fingerprint density at radius 1 is 1.00 bits per heavy atom. The summed E-state index contributed by atoms with van der Waals surface area (Å²) in [7, 11) is 0. The highest BCUT2D eigenvalue weighted by Gasteiger charge is 2.22. The molecule has 0 bridgehead atoms. The second kappa shape index (κ2) is 8.02. The molecule has 0 spiro atoms. The highest BCUT2D eigenvalue weighted by atomic mass is 35.5. The molecule has 1 amide bonds. The van der Waals surface area contributed by atoms with Crippen LogP contribution in [0, 0.1) is 0 Å². The summed E-state index contributed by atoms with van der Waals surface area (Å²) in [6, 6.07) is 15.8. The Kier molecular flexibility index (Phi) is 6.64. The number of halogens is 1. The first-order valence-corrected chi connectivity index (χ1v) is 7.65. The lowest BCUT2D eigenvalue weighted by Gasteiger charge is -2.27. The number of nitrogens with one attached hydrogen (secondary N) is 1. The van der Waals surface area contributed by atoms with E-state index in [2.05, 4.69) is 36.5 Å². The maximum atomic E-state index is 12.3. The normalized spacial score (nSPS) is 10.7. The van der Waals surface area contributed by atoms with Crippen molar-refractivity contribution in [2.24, 2.45) is 0 Å². The van der Waals surface area contributed by atoms with E-state index in [1.54, 1.807) is 0 Å². The van der Waals surface area contributed by atoms with Crippen molar-refractivity contribution in [3.63, 3.8) is 0 Å². The predicted octanol–water partition coefficient (Wildman–Crippen LogP) is 3.85. The maximum Gasteiger partial charge on any atom is 0.225 e. The molecule has 2 rings (SSSR count). The molecule has 3 N–H and O–H groups in total. The van der Waals surface area contributed by atoms with Gasteiger partial charge in [0, 0.05) is 5.69 Å². The van der Waals surface area contributed by atoms with Gasteiger partial charge in [-0.3, -0.25) is 4.79 Å². The van der Waals surface area contributed by atoms with Gasteiger partial charge in [0.1, 0.15) is 0 Å². The quantitative estimate of drug-likeness (QED) is 0.817. The van der Waals surface area contributed by atoms with Gasteiger partial charge in [0.25, 0.3) is 0 Å². The van der Waals surface area contributed by atoms with Crippen molar-refractivity contribution < 1.29 is 4.79 Å². The molecule has 124 valence electrons. The van der Waals surface area contributed by atoms with Gasteiger partial charge in [-0.25, -0.2) is 0 Å². The molecule has 0 radical (unpaired) electrons. The van der Waals surface area contributed by atoms with Gasteiger partial charge >= 0.3 is 0 Å². The lowest BCUT2D eigenvalue weighted by Crippen LogP contribution is -2.41. The summed E-state index contributed by atoms with van der Waals surface area (Å²) >= 11 is 0. The van der Waals surface area contributed by atoms with Crippen LogP contribution in [0.5, 0.6) is 0 Å². The number of aryl methyl sites for hydroxylation is 1. The van der Waals surface area contributed by atoms with E-state index in [0.717, 1.165) is 17.5 Å². The summed E-state index contributed by atoms with van der Waals surface area (Å²) in [6.45, 7) is 6.18. The van der Waals surface area contributed by atoms with Crippen molar-refractivity contribution in [1.82, 2.24) is 5.32 Å². The third-order valence-corrected chi connectivity index (χ3v) is 3.88. The topological polar surface area (TPSA) is 55.1 Å². The average molecular weight is 333 g/mol. The van der Waals surface area contributed by atoms with Crippen LogP contribution in [0.1, 0.15) is 37.5 Å². The first-order valence-electron chi connectivity index (χ1n) is 7.65. The van der Waals surface area contributed by atoms with E-state index in [4.69, 9.17) is 5.73 Å². The highest BCUT2D eigenvalue weighted by Crippen LogP contribution is 2.21. The maximum absolute atomic E-state index is 12.3. The minimum absolute atomic E-state index is 0. The van der Waals surface area contributed by atoms with Gasteiger partial charge in [0.05, 0.1) is 12.0 Å². The third kappa shape index (κ3) is 5.29. The lowest BCUT2D eigenvalue weighted by molar-refractivity contribution is -0.122. The van der Waals surface area contributed by atoms with Crippen LogP contribution < -0.4 is 11.1 Å². The number of carbonyl (C=O) groups excluding carboxylic acids is 1. The number of rotatable bonds is 5. The first kappa shape index (κ1) is 19.0. The van der Waals surface area contributed by atoms with Crippen LogP contribution in [0.2, 0.25) is 0 Å². The minimum atomic E-state index is -0.392. The molecule has 3 nitrogen and oxygen atoms in total. The lowest BCUT2D eigenvalue weighted by atomic mass is 9.92. The minimum Gasteiger partial charge on any atom is -0.399 e. The van der Waals surface area contributed by atoms with Crippen LogP contribution in [0.3, 0.4) is 0 Å². The molecule has 0 atom stereocenters. The fraction of sp³-hybridized carbons (Fsp3) is 0.316. The van der Waals surface area contributed by atoms with Crippen molar-refractivity contribution >= 4 is 24.0 Å². The largest absolute Gasteiger partial charge is 0.399 e. The van der Waals surface area contributed by atoms with Crippen LogP contribution in [0.4, 0.5) is 5.69 Å². The van der Waals surface area contributed by atoms with Crippen LogP contribution in [-0.4, -0.2) is 5.91 Å². The molecule has 4 heteroatoms. The molecule has 0 unspecified atom stereocenters. The molecule has 0 aliphatic carbocycles. The van der Waals surface area contributed by atoms with E-state index in [-0.39, 0.29) is 18.3 Å². The number of benzene rings is 2. The smallest absolute Gasteiger partial charge is 0.225 e. The zero-order valence-electron chi connectivity index (χ0n) is 13.9. The van der Waals surface area contributed by atoms with Crippen molar-refractivity contribution in [3.8, 4) is 0 Å². The average Bonchev–Trinajstić information content (AvgIpc) is 2.49. The van der Waals surface area contributed by atoms with Gasteiger partial charge < -0.3 is 11.1 Å². The molecule has 0 aromatic heterocycles. The Bertz CT molecular complexity index is 633. The third-order valence-electron chi connectivity index (χ3n) is 3.88. The Labute approximate surface area is 144 Å². The van der Waals surface area contributed by atoms with Gasteiger partial charge in [0.2, 0.25) is 5.91 Å². The standard InChI is InChI=1S/C19H24N2O.ClH/c1-4-14-5-9-16(10-6-14)19(2,3)21-18(22)13-15-7-11-17(20)12-8-15;/h5-12H,4,13,20H2,1-3H3,(H,21,22);1H. The summed E-state index contributed by atoms with van der Waals surface area (Å²) in [5, 5.41) is 3.10. The van der Waals surface area contributed by atoms with Gasteiger partial charge in [0.15, 0.2) is 0 Å². The van der Waals surface area contributed by atoms with Crippen molar-refractivity contribution in [3.05, 3.63) is 65.2 Å². The van der Waals surface area contributed by atoms with E-state index >= 15 is 0 Å². The molecule has 0 aliphatic rings. The fourth-order valence-corrected chi connectivity index (χ4v) is 2.44. The monoisotopic (exact) mass is 332 g/mol. The summed E-state index contributed by atoms with van der Waals surface area (Å²) in [4.78, 5) is 12.3. The van der Waals surface area contributed by atoms with Crippen molar-refractivity contribution in [2.75, 3.05) is 5.73 Å². The molecule has 0 fully saturated rings. The Hall–Kier alpha value is -2.00. The van der Waals surface area contributed by atoms with Crippen LogP contribution in [-0.2, 0) is 23.2 Å². The summed E-state index contributed by atoms with van der Waals surface area (Å²) in [5.74, 6) is 0.00865. The number of anilines is 1. The van der Waals surface area contributed by atoms with E-state index in [0.29, 0.717) is 12.1 Å². The number of carbonyl (C=O) groups is 1. The predicted molar refractivity (Wildman–Crippen MR) is 98.8 cm³/mol. The number of hydrogen-bond acceptors (Lipinski definition) is 2. The van der Waals surface area contributed by atoms with Crippen LogP contribution in [0.25, 0.3) is 0 Å². The molecule has 2 aromatic rings. The van der Waals surface area contributed by atoms with Gasteiger partial charge in [-0.05, 0) is 49.1 Å². The molecule has 2 aromatic carbocycles. The zero-order chi connectivity index (χ0) is 16.2. The zero-order valence-corrected chi connectivity index (χ0v) is 14.7. The van der Waals surface area contributed by atoms with E-state index in [1.807, 2.05) is 38.1 Å². The van der Waals surface area contributed by atoms with E-state index < -0.39 is 5.54 Å². The van der Waals surface area contributed by atoms with Crippen LogP contribution in [0.15, 0.2) is 48.5 Å². The number of amides is 1. The van der Waals surface area contributed by atoms with Crippen molar-refractivity contribution in [1.29, 1.82) is 0 Å². The molecule has 0 saturated carbocycles. The molecular formula is C19H25ClN2O. The number of hydrogen-bond donors (Lipinski definition) is 2. The van der Waals surface area contributed by atoms with Gasteiger partial charge in [-0.1, -0.05) is 43.3 Å². The van der Waals surface area contributed by atoms with E-state index in [1.165, 1.54) is 5.56 Å². The second-order valence-corrected chi connectivity index (χ2v) is 6.14. The number of nitrogen functional groups attached to an aromatic ring is 1.